The third-order valence-corrected chi connectivity index (χ3v) is 5.55. The molecule has 0 aliphatic carbocycles. The molecule has 0 saturated carbocycles. The van der Waals surface area contributed by atoms with Gasteiger partial charge in [-0.3, -0.25) is 9.59 Å². The molecule has 166 valence electrons. The molecule has 6 nitrogen and oxygen atoms in total. The van der Waals surface area contributed by atoms with E-state index in [4.69, 9.17) is 21.1 Å². The van der Waals surface area contributed by atoms with Gasteiger partial charge < -0.3 is 19.7 Å². The molecule has 2 aromatic rings. The van der Waals surface area contributed by atoms with E-state index < -0.39 is 6.04 Å². The SMILES string of the molecule is CC[C@H](C(=O)NC(C)C)N(Cc1ccccc1Cl)C(=O)CCc1ccc2c(c1)OCO2. The molecule has 7 heteroatoms. The Labute approximate surface area is 188 Å². The molecule has 0 radical (unpaired) electrons. The second kappa shape index (κ2) is 10.5. The van der Waals surface area contributed by atoms with Gasteiger partial charge in [0.2, 0.25) is 18.6 Å². The minimum absolute atomic E-state index is 0.00699. The number of carbonyl (C=O) groups is 2. The number of ether oxygens (including phenoxy) is 2. The number of amides is 2. The summed E-state index contributed by atoms with van der Waals surface area (Å²) in [5.74, 6) is 1.16. The molecular formula is C24H29ClN2O4. The van der Waals surface area contributed by atoms with Crippen molar-refractivity contribution in [1.29, 1.82) is 0 Å². The topological polar surface area (TPSA) is 67.9 Å². The van der Waals surface area contributed by atoms with Crippen molar-refractivity contribution < 1.29 is 19.1 Å². The number of hydrogen-bond acceptors (Lipinski definition) is 4. The van der Waals surface area contributed by atoms with Gasteiger partial charge in [-0.05, 0) is 56.0 Å². The Kier molecular flexibility index (Phi) is 7.80. The van der Waals surface area contributed by atoms with Gasteiger partial charge in [0, 0.05) is 24.0 Å². The summed E-state index contributed by atoms with van der Waals surface area (Å²) in [6.45, 7) is 6.22. The van der Waals surface area contributed by atoms with E-state index in [0.29, 0.717) is 29.4 Å². The van der Waals surface area contributed by atoms with Crippen LogP contribution in [0.25, 0.3) is 0 Å². The summed E-state index contributed by atoms with van der Waals surface area (Å²) in [4.78, 5) is 27.8. The van der Waals surface area contributed by atoms with Crippen molar-refractivity contribution in [2.24, 2.45) is 0 Å². The number of rotatable bonds is 9. The molecule has 0 saturated heterocycles. The van der Waals surface area contributed by atoms with E-state index in [0.717, 1.165) is 11.1 Å². The number of carbonyl (C=O) groups excluding carboxylic acids is 2. The number of aryl methyl sites for hydroxylation is 1. The lowest BCUT2D eigenvalue weighted by atomic mass is 10.1. The fraction of sp³-hybridized carbons (Fsp3) is 0.417. The maximum absolute atomic E-state index is 13.3. The van der Waals surface area contributed by atoms with Gasteiger partial charge in [-0.15, -0.1) is 0 Å². The van der Waals surface area contributed by atoms with Crippen molar-refractivity contribution in [1.82, 2.24) is 10.2 Å². The maximum Gasteiger partial charge on any atom is 0.243 e. The predicted octanol–water partition coefficient (Wildman–Crippen LogP) is 4.33. The van der Waals surface area contributed by atoms with Gasteiger partial charge in [0.25, 0.3) is 0 Å². The Morgan fingerprint density at radius 3 is 2.58 bits per heavy atom. The highest BCUT2D eigenvalue weighted by molar-refractivity contribution is 6.31. The first-order chi connectivity index (χ1) is 14.9. The highest BCUT2D eigenvalue weighted by Gasteiger charge is 2.29. The lowest BCUT2D eigenvalue weighted by Crippen LogP contribution is -2.50. The van der Waals surface area contributed by atoms with Gasteiger partial charge in [-0.25, -0.2) is 0 Å². The van der Waals surface area contributed by atoms with E-state index in [1.807, 2.05) is 57.2 Å². The first-order valence-corrected chi connectivity index (χ1v) is 11.0. The van der Waals surface area contributed by atoms with Crippen LogP contribution < -0.4 is 14.8 Å². The highest BCUT2D eigenvalue weighted by Crippen LogP contribution is 2.33. The van der Waals surface area contributed by atoms with Crippen LogP contribution in [0.3, 0.4) is 0 Å². The van der Waals surface area contributed by atoms with Crippen LogP contribution in [0.2, 0.25) is 5.02 Å². The summed E-state index contributed by atoms with van der Waals surface area (Å²) in [6, 6.07) is 12.5. The Morgan fingerprint density at radius 2 is 1.87 bits per heavy atom. The van der Waals surface area contributed by atoms with Crippen LogP contribution in [0, 0.1) is 0 Å². The zero-order valence-electron chi connectivity index (χ0n) is 18.2. The molecule has 2 aromatic carbocycles. The third-order valence-electron chi connectivity index (χ3n) is 5.18. The lowest BCUT2D eigenvalue weighted by Gasteiger charge is -2.31. The van der Waals surface area contributed by atoms with Crippen LogP contribution in [0.5, 0.6) is 11.5 Å². The van der Waals surface area contributed by atoms with E-state index in [2.05, 4.69) is 5.32 Å². The van der Waals surface area contributed by atoms with Crippen molar-refractivity contribution in [3.05, 3.63) is 58.6 Å². The summed E-state index contributed by atoms with van der Waals surface area (Å²) in [5.41, 5.74) is 1.80. The number of nitrogens with one attached hydrogen (secondary N) is 1. The van der Waals surface area contributed by atoms with Crippen molar-refractivity contribution in [2.45, 2.75) is 58.7 Å². The standard InChI is InChI=1S/C24H29ClN2O4/c1-4-20(24(29)26-16(2)3)27(14-18-7-5-6-8-19(18)25)23(28)12-10-17-9-11-21-22(13-17)31-15-30-21/h5-9,11,13,16,20H,4,10,12,14-15H2,1-3H3,(H,26,29)/t20-/m1/s1. The van der Waals surface area contributed by atoms with E-state index in [1.165, 1.54) is 0 Å². The molecule has 1 N–H and O–H groups in total. The molecule has 0 unspecified atom stereocenters. The fourth-order valence-electron chi connectivity index (χ4n) is 3.60. The molecule has 3 rings (SSSR count). The van der Waals surface area contributed by atoms with Gasteiger partial charge in [0.05, 0.1) is 0 Å². The van der Waals surface area contributed by atoms with E-state index in [1.54, 1.807) is 11.0 Å². The van der Waals surface area contributed by atoms with E-state index >= 15 is 0 Å². The van der Waals surface area contributed by atoms with Crippen LogP contribution in [-0.4, -0.2) is 35.6 Å². The summed E-state index contributed by atoms with van der Waals surface area (Å²) in [5, 5.41) is 3.51. The summed E-state index contributed by atoms with van der Waals surface area (Å²) >= 11 is 6.35. The van der Waals surface area contributed by atoms with E-state index in [9.17, 15) is 9.59 Å². The zero-order chi connectivity index (χ0) is 22.4. The summed E-state index contributed by atoms with van der Waals surface area (Å²) in [6.07, 6.45) is 1.32. The van der Waals surface area contributed by atoms with Crippen LogP contribution in [0.15, 0.2) is 42.5 Å². The quantitative estimate of drug-likeness (QED) is 0.625. The normalized spacial score (nSPS) is 13.2. The van der Waals surface area contributed by atoms with Crippen molar-refractivity contribution in [2.75, 3.05) is 6.79 Å². The minimum atomic E-state index is -0.567. The van der Waals surface area contributed by atoms with Crippen LogP contribution >= 0.6 is 11.6 Å². The van der Waals surface area contributed by atoms with Crippen molar-refractivity contribution in [3.63, 3.8) is 0 Å². The number of hydrogen-bond donors (Lipinski definition) is 1. The smallest absolute Gasteiger partial charge is 0.243 e. The molecular weight excluding hydrogens is 416 g/mol. The molecule has 0 spiro atoms. The Bertz CT molecular complexity index is 932. The van der Waals surface area contributed by atoms with Crippen LogP contribution in [0.4, 0.5) is 0 Å². The second-order valence-corrected chi connectivity index (χ2v) is 8.30. The number of fused-ring (bicyclic) bond motifs is 1. The predicted molar refractivity (Wildman–Crippen MR) is 120 cm³/mol. The summed E-state index contributed by atoms with van der Waals surface area (Å²) in [7, 11) is 0. The summed E-state index contributed by atoms with van der Waals surface area (Å²) < 4.78 is 10.8. The zero-order valence-corrected chi connectivity index (χ0v) is 18.9. The lowest BCUT2D eigenvalue weighted by molar-refractivity contribution is -0.141. The Morgan fingerprint density at radius 1 is 1.13 bits per heavy atom. The third kappa shape index (κ3) is 5.91. The van der Waals surface area contributed by atoms with E-state index in [-0.39, 0.29) is 37.6 Å². The number of benzene rings is 2. The minimum Gasteiger partial charge on any atom is -0.454 e. The average Bonchev–Trinajstić information content (AvgIpc) is 3.20. The molecule has 1 aliphatic rings. The van der Waals surface area contributed by atoms with Crippen molar-refractivity contribution in [3.8, 4) is 11.5 Å². The van der Waals surface area contributed by atoms with Gasteiger partial charge in [0.1, 0.15) is 6.04 Å². The van der Waals surface area contributed by atoms with Crippen LogP contribution in [-0.2, 0) is 22.6 Å². The fourth-order valence-corrected chi connectivity index (χ4v) is 3.80. The van der Waals surface area contributed by atoms with Crippen LogP contribution in [0.1, 0.15) is 44.7 Å². The molecule has 1 atom stereocenters. The average molecular weight is 445 g/mol. The molecule has 0 bridgehead atoms. The first kappa shape index (κ1) is 22.9. The molecule has 1 heterocycles. The molecule has 0 fully saturated rings. The molecule has 2 amide bonds. The number of halogens is 1. The molecule has 0 aromatic heterocycles. The molecule has 1 aliphatic heterocycles. The number of nitrogens with zero attached hydrogens (tertiary/aromatic N) is 1. The Hall–Kier alpha value is -2.73. The first-order valence-electron chi connectivity index (χ1n) is 10.6. The molecule has 31 heavy (non-hydrogen) atoms. The largest absolute Gasteiger partial charge is 0.454 e. The maximum atomic E-state index is 13.3. The highest BCUT2D eigenvalue weighted by atomic mass is 35.5. The Balaban J connectivity index is 1.77. The van der Waals surface area contributed by atoms with Gasteiger partial charge in [-0.2, -0.15) is 0 Å². The monoisotopic (exact) mass is 444 g/mol. The van der Waals surface area contributed by atoms with Gasteiger partial charge in [0.15, 0.2) is 11.5 Å². The second-order valence-electron chi connectivity index (χ2n) is 7.89. The van der Waals surface area contributed by atoms with Gasteiger partial charge in [-0.1, -0.05) is 42.8 Å². The van der Waals surface area contributed by atoms with Gasteiger partial charge >= 0.3 is 0 Å². The van der Waals surface area contributed by atoms with Crippen molar-refractivity contribution >= 4 is 23.4 Å².